The minimum absolute atomic E-state index is 0.00313. The average molecular weight is 406 g/mol. The lowest BCUT2D eigenvalue weighted by atomic mass is 9.94. The van der Waals surface area contributed by atoms with Crippen LogP contribution in [0, 0.1) is 19.8 Å². The molecule has 1 fully saturated rings. The van der Waals surface area contributed by atoms with E-state index < -0.39 is 10.0 Å². The number of benzene rings is 1. The molecule has 1 saturated heterocycles. The van der Waals surface area contributed by atoms with E-state index in [2.05, 4.69) is 10.5 Å². The Morgan fingerprint density at radius 2 is 1.89 bits per heavy atom. The zero-order valence-electron chi connectivity index (χ0n) is 16.5. The number of carbonyl (C=O) groups excluding carboxylic acids is 1. The van der Waals surface area contributed by atoms with Crippen molar-refractivity contribution < 1.29 is 17.7 Å². The Balaban J connectivity index is 1.53. The third-order valence-corrected chi connectivity index (χ3v) is 7.43. The van der Waals surface area contributed by atoms with Crippen LogP contribution in [0.15, 0.2) is 39.8 Å². The third-order valence-electron chi connectivity index (χ3n) is 5.29. The highest BCUT2D eigenvalue weighted by molar-refractivity contribution is 7.89. The number of hydrogen-bond acceptors (Lipinski definition) is 5. The molecule has 28 heavy (non-hydrogen) atoms. The molecule has 1 aromatic carbocycles. The molecule has 1 N–H and O–H groups in total. The van der Waals surface area contributed by atoms with Crippen molar-refractivity contribution >= 4 is 15.9 Å². The van der Waals surface area contributed by atoms with Gasteiger partial charge in [0.15, 0.2) is 5.76 Å². The minimum Gasteiger partial charge on any atom is -0.360 e. The van der Waals surface area contributed by atoms with E-state index in [1.54, 1.807) is 13.8 Å². The van der Waals surface area contributed by atoms with E-state index in [0.29, 0.717) is 43.8 Å². The monoisotopic (exact) mass is 405 g/mol. The van der Waals surface area contributed by atoms with Crippen molar-refractivity contribution in [2.45, 2.75) is 51.0 Å². The van der Waals surface area contributed by atoms with E-state index in [1.807, 2.05) is 37.3 Å². The highest BCUT2D eigenvalue weighted by atomic mass is 32.2. The predicted molar refractivity (Wildman–Crippen MR) is 105 cm³/mol. The quantitative estimate of drug-likeness (QED) is 0.798. The molecular formula is C20H27N3O4S. The van der Waals surface area contributed by atoms with Crippen molar-refractivity contribution in [2.24, 2.45) is 5.92 Å². The number of sulfonamides is 1. The molecule has 7 nitrogen and oxygen atoms in total. The van der Waals surface area contributed by atoms with Crippen LogP contribution in [0.3, 0.4) is 0 Å². The molecule has 0 radical (unpaired) electrons. The van der Waals surface area contributed by atoms with Crippen LogP contribution in [0.2, 0.25) is 0 Å². The van der Waals surface area contributed by atoms with Gasteiger partial charge in [0.05, 0.1) is 6.04 Å². The molecule has 1 atom stereocenters. The first-order valence-corrected chi connectivity index (χ1v) is 11.0. The maximum Gasteiger partial charge on any atom is 0.248 e. The van der Waals surface area contributed by atoms with E-state index in [9.17, 15) is 13.2 Å². The fraction of sp³-hybridized carbons (Fsp3) is 0.500. The number of nitrogens with one attached hydrogen (secondary N) is 1. The van der Waals surface area contributed by atoms with Crippen LogP contribution in [0.4, 0.5) is 0 Å². The van der Waals surface area contributed by atoms with Gasteiger partial charge in [0.1, 0.15) is 10.6 Å². The third kappa shape index (κ3) is 4.44. The van der Waals surface area contributed by atoms with E-state index in [1.165, 1.54) is 4.31 Å². The summed E-state index contributed by atoms with van der Waals surface area (Å²) in [5, 5.41) is 6.78. The van der Waals surface area contributed by atoms with E-state index >= 15 is 0 Å². The number of rotatable bonds is 6. The summed E-state index contributed by atoms with van der Waals surface area (Å²) in [6.45, 7) is 6.01. The summed E-state index contributed by atoms with van der Waals surface area (Å²) >= 11 is 0. The van der Waals surface area contributed by atoms with E-state index in [4.69, 9.17) is 4.52 Å². The SMILES string of the molecule is Cc1noc(C)c1S(=O)(=O)N1CCC(CC(=O)NC(C)c2ccccc2)CC1. The summed E-state index contributed by atoms with van der Waals surface area (Å²) in [5.41, 5.74) is 1.45. The second-order valence-corrected chi connectivity index (χ2v) is 9.28. The maximum absolute atomic E-state index is 12.9. The van der Waals surface area contributed by atoms with Crippen LogP contribution < -0.4 is 5.32 Å². The van der Waals surface area contributed by atoms with Crippen molar-refractivity contribution in [1.29, 1.82) is 0 Å². The molecule has 8 heteroatoms. The summed E-state index contributed by atoms with van der Waals surface area (Å²) in [6, 6.07) is 9.78. The van der Waals surface area contributed by atoms with Crippen LogP contribution in [-0.2, 0) is 14.8 Å². The molecular weight excluding hydrogens is 378 g/mol. The van der Waals surface area contributed by atoms with Gasteiger partial charge in [-0.1, -0.05) is 35.5 Å². The molecule has 152 valence electrons. The van der Waals surface area contributed by atoms with Gasteiger partial charge in [-0.25, -0.2) is 8.42 Å². The molecule has 0 spiro atoms. The number of amides is 1. The van der Waals surface area contributed by atoms with Crippen molar-refractivity contribution in [3.05, 3.63) is 47.3 Å². The molecule has 2 aromatic rings. The van der Waals surface area contributed by atoms with Gasteiger partial charge in [-0.05, 0) is 45.1 Å². The molecule has 0 bridgehead atoms. The Morgan fingerprint density at radius 1 is 1.25 bits per heavy atom. The van der Waals surface area contributed by atoms with Crippen molar-refractivity contribution in [3.63, 3.8) is 0 Å². The number of nitrogens with zero attached hydrogens (tertiary/aromatic N) is 2. The molecule has 0 aliphatic carbocycles. The number of carbonyl (C=O) groups is 1. The summed E-state index contributed by atoms with van der Waals surface area (Å²) in [4.78, 5) is 12.6. The van der Waals surface area contributed by atoms with Crippen LogP contribution in [0.25, 0.3) is 0 Å². The molecule has 2 heterocycles. The highest BCUT2D eigenvalue weighted by Gasteiger charge is 2.34. The summed E-state index contributed by atoms with van der Waals surface area (Å²) in [6.07, 6.45) is 1.74. The normalized spacial score (nSPS) is 17.4. The van der Waals surface area contributed by atoms with Gasteiger partial charge in [0, 0.05) is 19.5 Å². The second-order valence-electron chi connectivity index (χ2n) is 7.40. The van der Waals surface area contributed by atoms with Crippen molar-refractivity contribution in [2.75, 3.05) is 13.1 Å². The average Bonchev–Trinajstić information content (AvgIpc) is 3.01. The lowest BCUT2D eigenvalue weighted by Crippen LogP contribution is -2.40. The topological polar surface area (TPSA) is 92.5 Å². The van der Waals surface area contributed by atoms with Crippen LogP contribution in [0.1, 0.15) is 49.2 Å². The molecule has 1 amide bonds. The number of hydrogen-bond donors (Lipinski definition) is 1. The fourth-order valence-corrected chi connectivity index (χ4v) is 5.47. The van der Waals surface area contributed by atoms with Gasteiger partial charge in [0.2, 0.25) is 15.9 Å². The van der Waals surface area contributed by atoms with Gasteiger partial charge in [0.25, 0.3) is 0 Å². The first-order chi connectivity index (χ1) is 13.3. The largest absolute Gasteiger partial charge is 0.360 e. The minimum atomic E-state index is -3.61. The Morgan fingerprint density at radius 3 is 2.46 bits per heavy atom. The van der Waals surface area contributed by atoms with Gasteiger partial charge >= 0.3 is 0 Å². The van der Waals surface area contributed by atoms with Crippen molar-refractivity contribution in [1.82, 2.24) is 14.8 Å². The van der Waals surface area contributed by atoms with Crippen molar-refractivity contribution in [3.8, 4) is 0 Å². The highest BCUT2D eigenvalue weighted by Crippen LogP contribution is 2.28. The molecule has 0 saturated carbocycles. The number of aryl methyl sites for hydroxylation is 2. The molecule has 1 aromatic heterocycles. The molecule has 1 aliphatic rings. The van der Waals surface area contributed by atoms with Crippen LogP contribution in [0.5, 0.6) is 0 Å². The Hall–Kier alpha value is -2.19. The maximum atomic E-state index is 12.9. The molecule has 1 unspecified atom stereocenters. The predicted octanol–water partition coefficient (Wildman–Crippen LogP) is 2.96. The van der Waals surface area contributed by atoms with E-state index in [-0.39, 0.29) is 22.8 Å². The number of piperidine rings is 1. The Labute approximate surface area is 166 Å². The lowest BCUT2D eigenvalue weighted by molar-refractivity contribution is -0.122. The second kappa shape index (κ2) is 8.45. The summed E-state index contributed by atoms with van der Waals surface area (Å²) in [7, 11) is -3.61. The number of aromatic nitrogens is 1. The van der Waals surface area contributed by atoms with E-state index in [0.717, 1.165) is 5.56 Å². The van der Waals surface area contributed by atoms with Crippen LogP contribution in [-0.4, -0.2) is 36.9 Å². The molecule has 1 aliphatic heterocycles. The van der Waals surface area contributed by atoms with Gasteiger partial charge in [-0.15, -0.1) is 0 Å². The first-order valence-electron chi connectivity index (χ1n) is 9.56. The molecule has 3 rings (SSSR count). The summed E-state index contributed by atoms with van der Waals surface area (Å²) < 4.78 is 32.2. The zero-order chi connectivity index (χ0) is 20.3. The van der Waals surface area contributed by atoms with Gasteiger partial charge in [-0.2, -0.15) is 4.31 Å². The Bertz CT molecular complexity index is 897. The lowest BCUT2D eigenvalue weighted by Gasteiger charge is -2.31. The fourth-order valence-electron chi connectivity index (χ4n) is 3.71. The summed E-state index contributed by atoms with van der Waals surface area (Å²) in [5.74, 6) is 0.497. The first kappa shape index (κ1) is 20.5. The standard InChI is InChI=1S/C20H27N3O4S/c1-14(18-7-5-4-6-8-18)21-19(24)13-17-9-11-23(12-10-17)28(25,26)20-15(2)22-27-16(20)3/h4-8,14,17H,9-13H2,1-3H3,(H,21,24). The van der Waals surface area contributed by atoms with Crippen LogP contribution >= 0.6 is 0 Å². The zero-order valence-corrected chi connectivity index (χ0v) is 17.3. The van der Waals surface area contributed by atoms with Gasteiger partial charge < -0.3 is 9.84 Å². The van der Waals surface area contributed by atoms with Gasteiger partial charge in [-0.3, -0.25) is 4.79 Å². The smallest absolute Gasteiger partial charge is 0.248 e. The Kier molecular flexibility index (Phi) is 6.20.